The molecule has 7 rings (SSSR count). The first-order chi connectivity index (χ1) is 16.8. The van der Waals surface area contributed by atoms with E-state index in [1.165, 1.54) is 21.5 Å². The Kier molecular flexibility index (Phi) is 5.55. The molecule has 8 bridgehead atoms. The average molecular weight is 628 g/mol. The van der Waals surface area contributed by atoms with Gasteiger partial charge >= 0.3 is 21.1 Å². The van der Waals surface area contributed by atoms with E-state index < -0.39 is 0 Å². The molecule has 0 amide bonds. The summed E-state index contributed by atoms with van der Waals surface area (Å²) in [6.07, 6.45) is 1.42. The topological polar surface area (TPSA) is 25.8 Å². The van der Waals surface area contributed by atoms with E-state index >= 15 is 0 Å². The van der Waals surface area contributed by atoms with Crippen LogP contribution < -0.4 is 0 Å². The summed E-state index contributed by atoms with van der Waals surface area (Å²) in [5, 5.41) is 4.71. The fourth-order valence-electron chi connectivity index (χ4n) is 4.99. The zero-order chi connectivity index (χ0) is 22.5. The first-order valence-corrected chi connectivity index (χ1v) is 11.6. The molecule has 0 N–H and O–H groups in total. The molecule has 0 spiro atoms. The van der Waals surface area contributed by atoms with Gasteiger partial charge in [0.1, 0.15) is 0 Å². The number of hydrogen-bond acceptors (Lipinski definition) is 2. The maximum Gasteiger partial charge on any atom is 2.00 e. The minimum Gasteiger partial charge on any atom is -0.250 e. The zero-order valence-electron chi connectivity index (χ0n) is 18.9. The molecule has 0 aliphatic carbocycles. The van der Waals surface area contributed by atoms with E-state index in [2.05, 4.69) is 109 Å². The van der Waals surface area contributed by atoms with Gasteiger partial charge in [-0.3, -0.25) is 9.97 Å². The predicted molar refractivity (Wildman–Crippen MR) is 138 cm³/mol. The fourth-order valence-corrected chi connectivity index (χ4v) is 4.99. The number of hydrogen-bond donors (Lipinski definition) is 0. The van der Waals surface area contributed by atoms with Crippen molar-refractivity contribution in [2.24, 2.45) is 0 Å². The Balaban J connectivity index is 0.00000229. The maximum atomic E-state index is 5.16. The van der Waals surface area contributed by atoms with Gasteiger partial charge < -0.3 is 0 Å². The molecule has 0 unspecified atom stereocenters. The maximum absolute atomic E-state index is 5.16. The Morgan fingerprint density at radius 2 is 0.971 bits per heavy atom. The fraction of sp³-hybridized carbons (Fsp3) is 0.0625. The molecule has 4 aromatic carbocycles. The number of fused-ring (bicyclic) bond motifs is 14. The number of benzene rings is 4. The molecule has 168 valence electrons. The third kappa shape index (κ3) is 3.99. The second-order valence-corrected chi connectivity index (χ2v) is 8.88. The zero-order valence-corrected chi connectivity index (χ0v) is 21.1. The Morgan fingerprint density at radius 3 is 1.46 bits per heavy atom. The van der Waals surface area contributed by atoms with Crippen molar-refractivity contribution >= 4 is 21.5 Å². The van der Waals surface area contributed by atoms with Crippen molar-refractivity contribution in [2.75, 3.05) is 0 Å². The van der Waals surface area contributed by atoms with Crippen LogP contribution >= 0.6 is 0 Å². The minimum atomic E-state index is 0. The van der Waals surface area contributed by atoms with Crippen molar-refractivity contribution in [1.29, 1.82) is 0 Å². The molecule has 6 aromatic rings. The van der Waals surface area contributed by atoms with Crippen molar-refractivity contribution in [2.45, 2.75) is 12.8 Å². The van der Waals surface area contributed by atoms with E-state index in [1.54, 1.807) is 0 Å². The Labute approximate surface area is 219 Å². The second kappa shape index (κ2) is 8.87. The molecule has 0 radical (unpaired) electrons. The van der Waals surface area contributed by atoms with Gasteiger partial charge in [0.15, 0.2) is 0 Å². The van der Waals surface area contributed by atoms with Crippen LogP contribution in [-0.4, -0.2) is 9.97 Å². The molecular weight excluding hydrogens is 607 g/mol. The van der Waals surface area contributed by atoms with Gasteiger partial charge in [0.25, 0.3) is 0 Å². The van der Waals surface area contributed by atoms with E-state index in [-0.39, 0.29) is 21.1 Å². The van der Waals surface area contributed by atoms with Crippen LogP contribution in [-0.2, 0) is 33.9 Å². The summed E-state index contributed by atoms with van der Waals surface area (Å²) in [5.74, 6) is 0. The molecule has 3 heteroatoms. The average Bonchev–Trinajstić information content (AvgIpc) is 2.88. The largest absolute Gasteiger partial charge is 2.00 e. The third-order valence-electron chi connectivity index (χ3n) is 6.62. The van der Waals surface area contributed by atoms with Crippen LogP contribution in [0.5, 0.6) is 0 Å². The van der Waals surface area contributed by atoms with Crippen molar-refractivity contribution in [3.8, 4) is 22.5 Å². The first kappa shape index (κ1) is 21.9. The molecule has 1 aliphatic rings. The molecule has 3 heterocycles. The van der Waals surface area contributed by atoms with Crippen LogP contribution in [0, 0.1) is 12.1 Å². The summed E-state index contributed by atoms with van der Waals surface area (Å²) in [7, 11) is 0. The molecule has 0 fully saturated rings. The summed E-state index contributed by atoms with van der Waals surface area (Å²) >= 11 is 0. The second-order valence-electron chi connectivity index (χ2n) is 8.88. The number of pyridine rings is 2. The number of rotatable bonds is 0. The Bertz CT molecular complexity index is 1590. The van der Waals surface area contributed by atoms with Gasteiger partial charge in [-0.1, -0.05) is 48.5 Å². The minimum absolute atomic E-state index is 0. The van der Waals surface area contributed by atoms with E-state index in [4.69, 9.17) is 9.97 Å². The van der Waals surface area contributed by atoms with Crippen LogP contribution in [0.2, 0.25) is 0 Å². The first-order valence-electron chi connectivity index (χ1n) is 11.6. The quantitative estimate of drug-likeness (QED) is 0.166. The van der Waals surface area contributed by atoms with Crippen LogP contribution in [0.3, 0.4) is 0 Å². The third-order valence-corrected chi connectivity index (χ3v) is 6.62. The van der Waals surface area contributed by atoms with Crippen LogP contribution in [0.25, 0.3) is 44.1 Å². The van der Waals surface area contributed by atoms with Crippen LogP contribution in [0.1, 0.15) is 22.5 Å². The monoisotopic (exact) mass is 627 g/mol. The molecule has 35 heavy (non-hydrogen) atoms. The van der Waals surface area contributed by atoms with Crippen molar-refractivity contribution < 1.29 is 21.1 Å². The molecule has 0 saturated heterocycles. The molecule has 2 aromatic heterocycles. The van der Waals surface area contributed by atoms with Gasteiger partial charge in [-0.25, -0.2) is 11.1 Å². The summed E-state index contributed by atoms with van der Waals surface area (Å²) in [5.41, 5.74) is 8.27. The predicted octanol–water partition coefficient (Wildman–Crippen LogP) is 7.21. The Morgan fingerprint density at radius 1 is 0.514 bits per heavy atom. The van der Waals surface area contributed by atoms with Gasteiger partial charge in [-0.2, -0.15) is 36.4 Å². The smallest absolute Gasteiger partial charge is 0.250 e. The van der Waals surface area contributed by atoms with E-state index in [0.717, 1.165) is 45.0 Å². The standard InChI is InChI=1S/C32H20N2.Pt/c1-3-13-27-25(9-1)19-31-32-20-26-10-2-4-14-28(26)30(34-32)18-22-8-6-12-24(16-22)23-11-5-7-21(15-23)17-29(27)33-31;/h1-14,19-20H,17-18H2;/q-2;+2. The number of aromatic nitrogens is 2. The SMILES string of the molecule is [Pt+2].[c-]1c2cccc1-c1[c-]c(ccc1)Cc1nc(cc3ccccc13)-c1cc3ccccc3c(n1)C2. The normalized spacial score (nSPS) is 12.1. The van der Waals surface area contributed by atoms with Crippen LogP contribution in [0.15, 0.2) is 97.1 Å². The van der Waals surface area contributed by atoms with Gasteiger partial charge in [0, 0.05) is 10.8 Å². The summed E-state index contributed by atoms with van der Waals surface area (Å²) in [4.78, 5) is 10.3. The number of nitrogens with zero attached hydrogens (tertiary/aromatic N) is 2. The van der Waals surface area contributed by atoms with E-state index in [0.29, 0.717) is 12.8 Å². The summed E-state index contributed by atoms with van der Waals surface area (Å²) in [6, 6.07) is 41.3. The van der Waals surface area contributed by atoms with E-state index in [1.807, 2.05) is 0 Å². The molecule has 2 nitrogen and oxygen atoms in total. The van der Waals surface area contributed by atoms with Crippen molar-refractivity contribution in [3.63, 3.8) is 0 Å². The summed E-state index contributed by atoms with van der Waals surface area (Å²) < 4.78 is 0. The van der Waals surface area contributed by atoms with Crippen LogP contribution in [0.4, 0.5) is 0 Å². The van der Waals surface area contributed by atoms with Gasteiger partial charge in [-0.05, 0) is 35.7 Å². The molecule has 0 saturated carbocycles. The van der Waals surface area contributed by atoms with Gasteiger partial charge in [0.2, 0.25) is 0 Å². The molecular formula is C32H20N2Pt. The van der Waals surface area contributed by atoms with Crippen molar-refractivity contribution in [3.05, 3.63) is 132 Å². The van der Waals surface area contributed by atoms with Gasteiger partial charge in [0.05, 0.1) is 22.8 Å². The van der Waals surface area contributed by atoms with Crippen molar-refractivity contribution in [1.82, 2.24) is 9.97 Å². The molecule has 0 atom stereocenters. The molecule has 1 aliphatic heterocycles. The summed E-state index contributed by atoms with van der Waals surface area (Å²) in [6.45, 7) is 0. The van der Waals surface area contributed by atoms with Gasteiger partial charge in [-0.15, -0.1) is 23.3 Å². The van der Waals surface area contributed by atoms with E-state index in [9.17, 15) is 0 Å². The Hall–Kier alpha value is -3.61.